The molecule has 4 heterocycles. The van der Waals surface area contributed by atoms with E-state index in [2.05, 4.69) is 33.2 Å². The molecule has 0 bridgehead atoms. The second-order valence-corrected chi connectivity index (χ2v) is 9.49. The van der Waals surface area contributed by atoms with E-state index in [4.69, 9.17) is 4.98 Å². The van der Waals surface area contributed by atoms with E-state index in [-0.39, 0.29) is 11.8 Å². The largest absolute Gasteiger partial charge is 0.355 e. The van der Waals surface area contributed by atoms with Crippen molar-refractivity contribution < 1.29 is 4.79 Å². The number of rotatable bonds is 3. The minimum Gasteiger partial charge on any atom is -0.355 e. The lowest BCUT2D eigenvalue weighted by Gasteiger charge is -2.32. The number of hydrogen-bond donors (Lipinski definition) is 1. The van der Waals surface area contributed by atoms with E-state index in [0.717, 1.165) is 70.7 Å². The van der Waals surface area contributed by atoms with Gasteiger partial charge >= 0.3 is 0 Å². The third-order valence-corrected chi connectivity index (χ3v) is 7.47. The monoisotopic (exact) mass is 409 g/mol. The van der Waals surface area contributed by atoms with Crippen LogP contribution in [-0.4, -0.2) is 40.0 Å². The first-order valence-corrected chi connectivity index (χ1v) is 11.5. The summed E-state index contributed by atoms with van der Waals surface area (Å²) in [5, 5.41) is 4.42. The third-order valence-electron chi connectivity index (χ3n) is 6.40. The number of thiophene rings is 1. The molecule has 2 aliphatic rings. The summed E-state index contributed by atoms with van der Waals surface area (Å²) in [6, 6.07) is 2.52. The number of amides is 1. The van der Waals surface area contributed by atoms with Crippen LogP contribution < -0.4 is 10.2 Å². The highest BCUT2D eigenvalue weighted by molar-refractivity contribution is 7.26. The Hall–Kier alpha value is -2.28. The second kappa shape index (κ2) is 7.52. The van der Waals surface area contributed by atoms with E-state index >= 15 is 0 Å². The van der Waals surface area contributed by atoms with Gasteiger partial charge in [-0.25, -0.2) is 15.0 Å². The number of piperidine rings is 1. The maximum absolute atomic E-state index is 12.6. The number of aryl methyl sites for hydroxylation is 2. The van der Waals surface area contributed by atoms with Gasteiger partial charge in [-0.1, -0.05) is 12.8 Å². The first-order chi connectivity index (χ1) is 14.1. The fourth-order valence-electron chi connectivity index (χ4n) is 4.87. The molecular formula is C22H27N5OS. The molecule has 3 aromatic heterocycles. The summed E-state index contributed by atoms with van der Waals surface area (Å²) in [7, 11) is 0. The van der Waals surface area contributed by atoms with Crippen molar-refractivity contribution in [2.75, 3.05) is 18.0 Å². The molecule has 0 aromatic carbocycles. The summed E-state index contributed by atoms with van der Waals surface area (Å²) < 4.78 is 1.11. The average Bonchev–Trinajstić information content (AvgIpc) is 3.35. The maximum atomic E-state index is 12.6. The first kappa shape index (κ1) is 18.7. The summed E-state index contributed by atoms with van der Waals surface area (Å²) in [6.45, 7) is 5.87. The minimum atomic E-state index is 0.123. The second-order valence-electron chi connectivity index (χ2n) is 8.49. The van der Waals surface area contributed by atoms with Gasteiger partial charge in [0, 0.05) is 36.1 Å². The Balaban J connectivity index is 1.36. The predicted octanol–water partition coefficient (Wildman–Crippen LogP) is 4.13. The van der Waals surface area contributed by atoms with Gasteiger partial charge in [0.2, 0.25) is 5.91 Å². The van der Waals surface area contributed by atoms with Gasteiger partial charge in [0.05, 0.1) is 10.2 Å². The minimum absolute atomic E-state index is 0.123. The lowest BCUT2D eigenvalue weighted by Crippen LogP contribution is -2.43. The van der Waals surface area contributed by atoms with E-state index in [1.54, 1.807) is 17.7 Å². The Labute approximate surface area is 174 Å². The molecule has 2 fully saturated rings. The van der Waals surface area contributed by atoms with Crippen molar-refractivity contribution in [2.45, 2.75) is 58.4 Å². The summed E-state index contributed by atoms with van der Waals surface area (Å²) >= 11 is 1.68. The van der Waals surface area contributed by atoms with E-state index in [1.165, 1.54) is 18.4 Å². The van der Waals surface area contributed by atoms with Gasteiger partial charge in [0.1, 0.15) is 17.0 Å². The molecule has 1 N–H and O–H groups in total. The van der Waals surface area contributed by atoms with Crippen molar-refractivity contribution in [3.8, 4) is 0 Å². The topological polar surface area (TPSA) is 71.0 Å². The molecular weight excluding hydrogens is 382 g/mol. The Morgan fingerprint density at radius 1 is 1.14 bits per heavy atom. The smallest absolute Gasteiger partial charge is 0.223 e. The van der Waals surface area contributed by atoms with Crippen LogP contribution in [0.15, 0.2) is 12.4 Å². The van der Waals surface area contributed by atoms with Crippen LogP contribution in [0.1, 0.15) is 49.8 Å². The number of anilines is 1. The van der Waals surface area contributed by atoms with Gasteiger partial charge in [-0.3, -0.25) is 4.79 Å². The molecule has 1 aliphatic carbocycles. The average molecular weight is 410 g/mol. The van der Waals surface area contributed by atoms with Gasteiger partial charge in [0.15, 0.2) is 0 Å². The van der Waals surface area contributed by atoms with E-state index in [1.807, 2.05) is 6.92 Å². The molecule has 0 atom stereocenters. The van der Waals surface area contributed by atoms with Crippen LogP contribution >= 0.6 is 11.3 Å². The molecule has 1 saturated carbocycles. The molecule has 0 unspecified atom stereocenters. The predicted molar refractivity (Wildman–Crippen MR) is 118 cm³/mol. The number of pyridine rings is 1. The van der Waals surface area contributed by atoms with Crippen molar-refractivity contribution in [3.05, 3.63) is 23.7 Å². The molecule has 0 spiro atoms. The van der Waals surface area contributed by atoms with E-state index in [9.17, 15) is 4.79 Å². The van der Waals surface area contributed by atoms with Crippen LogP contribution in [0.4, 0.5) is 5.82 Å². The van der Waals surface area contributed by atoms with Crippen LogP contribution in [0.3, 0.4) is 0 Å². The SMILES string of the molecule is Cc1cc(C)c2c(n1)sc1c(N3CCC(C(=O)NC4CCCC4)CC3)ncnc12. The number of nitrogens with one attached hydrogen (secondary N) is 1. The number of hydrogen-bond acceptors (Lipinski definition) is 6. The number of nitrogens with zero attached hydrogens (tertiary/aromatic N) is 4. The lowest BCUT2D eigenvalue weighted by molar-refractivity contribution is -0.126. The van der Waals surface area contributed by atoms with Crippen LogP contribution in [0, 0.1) is 19.8 Å². The number of carbonyl (C=O) groups excluding carboxylic acids is 1. The zero-order chi connectivity index (χ0) is 20.0. The summed E-state index contributed by atoms with van der Waals surface area (Å²) in [5.74, 6) is 1.37. The fourth-order valence-corrected chi connectivity index (χ4v) is 6.13. The highest BCUT2D eigenvalue weighted by atomic mass is 32.1. The zero-order valence-electron chi connectivity index (χ0n) is 17.1. The van der Waals surface area contributed by atoms with Crippen LogP contribution in [-0.2, 0) is 4.79 Å². The van der Waals surface area contributed by atoms with Gasteiger partial charge in [0.25, 0.3) is 0 Å². The maximum Gasteiger partial charge on any atom is 0.223 e. The molecule has 5 rings (SSSR count). The molecule has 6 nitrogen and oxygen atoms in total. The molecule has 29 heavy (non-hydrogen) atoms. The van der Waals surface area contributed by atoms with Crippen molar-refractivity contribution in [1.82, 2.24) is 20.3 Å². The molecule has 152 valence electrons. The summed E-state index contributed by atoms with van der Waals surface area (Å²) in [4.78, 5) is 29.9. The number of fused-ring (bicyclic) bond motifs is 3. The summed E-state index contributed by atoms with van der Waals surface area (Å²) in [5.41, 5.74) is 3.25. The van der Waals surface area contributed by atoms with Crippen molar-refractivity contribution in [3.63, 3.8) is 0 Å². The third kappa shape index (κ3) is 3.45. The number of carbonyl (C=O) groups is 1. The standard InChI is InChI=1S/C22H27N5OS/c1-13-11-14(2)25-22-17(13)18-19(29-22)20(24-12-23-18)27-9-7-15(8-10-27)21(28)26-16-5-3-4-6-16/h11-12,15-16H,3-10H2,1-2H3,(H,26,28). The van der Waals surface area contributed by atoms with Crippen molar-refractivity contribution in [1.29, 1.82) is 0 Å². The highest BCUT2D eigenvalue weighted by Crippen LogP contribution is 2.38. The first-order valence-electron chi connectivity index (χ1n) is 10.7. The van der Waals surface area contributed by atoms with Crippen molar-refractivity contribution in [2.24, 2.45) is 5.92 Å². The molecule has 1 aliphatic heterocycles. The van der Waals surface area contributed by atoms with Gasteiger partial charge < -0.3 is 10.2 Å². The molecule has 1 saturated heterocycles. The van der Waals surface area contributed by atoms with Crippen LogP contribution in [0.5, 0.6) is 0 Å². The van der Waals surface area contributed by atoms with E-state index < -0.39 is 0 Å². The van der Waals surface area contributed by atoms with Gasteiger partial charge in [-0.05, 0) is 51.2 Å². The highest BCUT2D eigenvalue weighted by Gasteiger charge is 2.29. The van der Waals surface area contributed by atoms with Gasteiger partial charge in [-0.15, -0.1) is 11.3 Å². The molecule has 3 aromatic rings. The van der Waals surface area contributed by atoms with E-state index in [0.29, 0.717) is 6.04 Å². The van der Waals surface area contributed by atoms with Gasteiger partial charge in [-0.2, -0.15) is 0 Å². The zero-order valence-corrected chi connectivity index (χ0v) is 17.9. The Morgan fingerprint density at radius 3 is 2.66 bits per heavy atom. The Morgan fingerprint density at radius 2 is 1.90 bits per heavy atom. The summed E-state index contributed by atoms with van der Waals surface area (Å²) in [6.07, 6.45) is 8.20. The van der Waals surface area contributed by atoms with Crippen LogP contribution in [0.2, 0.25) is 0 Å². The quantitative estimate of drug-likeness (QED) is 0.704. The number of aromatic nitrogens is 3. The Bertz CT molecular complexity index is 1060. The fraction of sp³-hybridized carbons (Fsp3) is 0.545. The molecule has 7 heteroatoms. The molecule has 0 radical (unpaired) electrons. The van der Waals surface area contributed by atoms with Crippen molar-refractivity contribution >= 4 is 43.5 Å². The normalized spacial score (nSPS) is 18.8. The lowest BCUT2D eigenvalue weighted by atomic mass is 9.95. The Kier molecular flexibility index (Phi) is 4.86. The van der Waals surface area contributed by atoms with Crippen LogP contribution in [0.25, 0.3) is 20.4 Å². The molecule has 1 amide bonds.